The number of hydrogen-bond acceptors (Lipinski definition) is 7. The minimum absolute atomic E-state index is 0.0780. The van der Waals surface area contributed by atoms with E-state index in [0.717, 1.165) is 0 Å². The van der Waals surface area contributed by atoms with E-state index in [1.807, 2.05) is 0 Å². The molecule has 146 valence electrons. The summed E-state index contributed by atoms with van der Waals surface area (Å²) in [7, 11) is -0.623. The number of halogens is 1. The fraction of sp³-hybridized carbons (Fsp3) is 0.647. The maximum atomic E-state index is 13.4. The van der Waals surface area contributed by atoms with Crippen molar-refractivity contribution in [1.82, 2.24) is 0 Å². The Bertz CT molecular complexity index is 606. The first-order valence-corrected chi connectivity index (χ1v) is 10.0. The number of benzene rings is 1. The molecule has 2 aliphatic heterocycles. The summed E-state index contributed by atoms with van der Waals surface area (Å²) < 4.78 is 24.5. The predicted octanol–water partition coefficient (Wildman–Crippen LogP) is -1.32. The molecule has 26 heavy (non-hydrogen) atoms. The van der Waals surface area contributed by atoms with Gasteiger partial charge in [-0.15, -0.1) is 0 Å². The Labute approximate surface area is 153 Å². The van der Waals surface area contributed by atoms with Crippen molar-refractivity contribution in [3.63, 3.8) is 0 Å². The molecule has 1 aromatic rings. The summed E-state index contributed by atoms with van der Waals surface area (Å²) in [5.74, 6) is -0.00772. The van der Waals surface area contributed by atoms with Crippen LogP contribution in [0.5, 0.6) is 0 Å². The Balaban J connectivity index is 1.66. The summed E-state index contributed by atoms with van der Waals surface area (Å²) in [6.45, 7) is -0.372. The van der Waals surface area contributed by atoms with Crippen molar-refractivity contribution in [2.24, 2.45) is 0 Å². The van der Waals surface area contributed by atoms with Gasteiger partial charge in [0.25, 0.3) is 0 Å². The maximum absolute atomic E-state index is 13.4. The summed E-state index contributed by atoms with van der Waals surface area (Å²) >= 11 is 0. The molecule has 5 N–H and O–H groups in total. The van der Waals surface area contributed by atoms with E-state index < -0.39 is 58.8 Å². The summed E-state index contributed by atoms with van der Waals surface area (Å²) in [5.41, 5.74) is 0.441. The lowest BCUT2D eigenvalue weighted by Gasteiger charge is -2.36. The van der Waals surface area contributed by atoms with Gasteiger partial charge in [0.15, 0.2) is 11.5 Å². The largest absolute Gasteiger partial charge is 0.391 e. The molecule has 8 atom stereocenters. The van der Waals surface area contributed by atoms with Gasteiger partial charge < -0.3 is 35.0 Å². The minimum Gasteiger partial charge on any atom is -0.391 e. The van der Waals surface area contributed by atoms with Crippen LogP contribution in [0.25, 0.3) is 0 Å². The zero-order valence-electron chi connectivity index (χ0n) is 14.0. The van der Waals surface area contributed by atoms with E-state index in [0.29, 0.717) is 5.56 Å². The fourth-order valence-corrected chi connectivity index (χ4v) is 6.02. The van der Waals surface area contributed by atoms with Gasteiger partial charge in [-0.3, -0.25) is 0 Å². The average Bonchev–Trinajstić information content (AvgIpc) is 2.88. The summed E-state index contributed by atoms with van der Waals surface area (Å²) in [6, 6.07) is 5.70. The molecule has 1 aromatic carbocycles. The van der Waals surface area contributed by atoms with Crippen molar-refractivity contribution < 1.29 is 39.4 Å². The quantitative estimate of drug-likeness (QED) is 0.395. The van der Waals surface area contributed by atoms with Crippen LogP contribution in [0.1, 0.15) is 11.9 Å². The van der Waals surface area contributed by atoms with Crippen LogP contribution in [-0.2, 0) is 20.4 Å². The van der Waals surface area contributed by atoms with Gasteiger partial charge in [0, 0.05) is 16.5 Å². The number of aliphatic hydroxyl groups is 5. The molecule has 2 heterocycles. The second-order valence-corrected chi connectivity index (χ2v) is 8.95. The predicted molar refractivity (Wildman–Crippen MR) is 92.0 cm³/mol. The van der Waals surface area contributed by atoms with Crippen LogP contribution < -0.4 is 0 Å². The zero-order chi connectivity index (χ0) is 18.8. The highest BCUT2D eigenvalue weighted by molar-refractivity contribution is 7.97. The molecule has 2 fully saturated rings. The molecule has 2 saturated heterocycles. The Hall–Kier alpha value is -0.780. The van der Waals surface area contributed by atoms with Gasteiger partial charge in [-0.25, -0.2) is 4.39 Å². The molecular formula is C17H24FO7S+. The van der Waals surface area contributed by atoms with Gasteiger partial charge in [-0.2, -0.15) is 0 Å². The molecule has 0 amide bonds. The van der Waals surface area contributed by atoms with Crippen LogP contribution in [0.3, 0.4) is 0 Å². The molecule has 9 heteroatoms. The number of hydrogen-bond donors (Lipinski definition) is 5. The zero-order valence-corrected chi connectivity index (χ0v) is 14.8. The first-order chi connectivity index (χ1) is 12.4. The molecule has 0 spiro atoms. The fourth-order valence-electron chi connectivity index (χ4n) is 3.33. The first kappa shape index (κ1) is 20.0. The van der Waals surface area contributed by atoms with Crippen molar-refractivity contribution in [2.75, 3.05) is 24.7 Å². The Morgan fingerprint density at radius 3 is 2.69 bits per heavy atom. The monoisotopic (exact) mass is 391 g/mol. The third-order valence-electron chi connectivity index (χ3n) is 4.73. The SMILES string of the molecule is OC[C@@H]1[C@@H](O)[C@H](O)C[S+]1C[C@@H](O)[C@H]1OC(c2cccc(F)c2)OC[C@H]1O. The first-order valence-electron chi connectivity index (χ1n) is 8.42. The normalized spacial score (nSPS) is 39.1. The second kappa shape index (κ2) is 8.49. The van der Waals surface area contributed by atoms with Crippen molar-refractivity contribution >= 4 is 10.9 Å². The van der Waals surface area contributed by atoms with Gasteiger partial charge in [-0.05, 0) is 12.1 Å². The molecule has 0 bridgehead atoms. The number of rotatable bonds is 5. The van der Waals surface area contributed by atoms with E-state index in [4.69, 9.17) is 9.47 Å². The van der Waals surface area contributed by atoms with Gasteiger partial charge in [0.1, 0.15) is 47.8 Å². The number of ether oxygens (including phenoxy) is 2. The minimum atomic E-state index is -1.08. The van der Waals surface area contributed by atoms with Crippen LogP contribution >= 0.6 is 0 Å². The third-order valence-corrected chi connectivity index (χ3v) is 7.55. The van der Waals surface area contributed by atoms with E-state index in [9.17, 15) is 29.9 Å². The average molecular weight is 391 g/mol. The molecule has 0 aromatic heterocycles. The number of aliphatic hydroxyl groups excluding tert-OH is 5. The molecule has 3 rings (SSSR count). The summed E-state index contributed by atoms with van der Waals surface area (Å²) in [5, 5.41) is 49.3. The van der Waals surface area contributed by atoms with Crippen molar-refractivity contribution in [3.8, 4) is 0 Å². The van der Waals surface area contributed by atoms with Gasteiger partial charge >= 0.3 is 0 Å². The summed E-state index contributed by atoms with van der Waals surface area (Å²) in [6.07, 6.45) is -5.99. The smallest absolute Gasteiger partial charge is 0.184 e. The second-order valence-electron chi connectivity index (χ2n) is 6.61. The van der Waals surface area contributed by atoms with E-state index >= 15 is 0 Å². The molecule has 2 aliphatic rings. The molecule has 0 radical (unpaired) electrons. The lowest BCUT2D eigenvalue weighted by Crippen LogP contribution is -2.50. The molecule has 7 nitrogen and oxygen atoms in total. The van der Waals surface area contributed by atoms with Crippen molar-refractivity contribution in [3.05, 3.63) is 35.6 Å². The van der Waals surface area contributed by atoms with Crippen molar-refractivity contribution in [2.45, 2.75) is 42.1 Å². The van der Waals surface area contributed by atoms with E-state index in [2.05, 4.69) is 0 Å². The lowest BCUT2D eigenvalue weighted by atomic mass is 10.1. The van der Waals surface area contributed by atoms with Gasteiger partial charge in [0.05, 0.1) is 13.2 Å². The lowest BCUT2D eigenvalue weighted by molar-refractivity contribution is -0.273. The Morgan fingerprint density at radius 1 is 1.23 bits per heavy atom. The van der Waals surface area contributed by atoms with Crippen LogP contribution in [0, 0.1) is 5.82 Å². The van der Waals surface area contributed by atoms with Gasteiger partial charge in [0.2, 0.25) is 0 Å². The van der Waals surface area contributed by atoms with Crippen molar-refractivity contribution in [1.29, 1.82) is 0 Å². The highest BCUT2D eigenvalue weighted by atomic mass is 32.2. The van der Waals surface area contributed by atoms with Gasteiger partial charge in [-0.1, -0.05) is 12.1 Å². The third kappa shape index (κ3) is 4.20. The molecular weight excluding hydrogens is 367 g/mol. The topological polar surface area (TPSA) is 120 Å². The van der Waals surface area contributed by atoms with E-state index in [-0.39, 0.29) is 24.7 Å². The summed E-state index contributed by atoms with van der Waals surface area (Å²) in [4.78, 5) is 0. The van der Waals surface area contributed by atoms with E-state index in [1.165, 1.54) is 18.2 Å². The van der Waals surface area contributed by atoms with E-state index in [1.54, 1.807) is 6.07 Å². The highest BCUT2D eigenvalue weighted by Crippen LogP contribution is 2.31. The molecule has 0 aliphatic carbocycles. The Morgan fingerprint density at radius 2 is 2.00 bits per heavy atom. The van der Waals surface area contributed by atoms with Crippen LogP contribution in [0.2, 0.25) is 0 Å². The van der Waals surface area contributed by atoms with Crippen LogP contribution in [0.4, 0.5) is 4.39 Å². The standard InChI is InChI=1S/C17H24FO7S/c18-10-3-1-2-9(4-10)17-24-6-11(20)16(25-17)13(22)8-26-7-12(21)15(23)14(26)5-19/h1-4,11-17,19-23H,5-8H2/q+1/t11-,12-,13-,14-,15+,16+,17?,26?/m1/s1. The molecule has 0 saturated carbocycles. The Kier molecular flexibility index (Phi) is 6.52. The van der Waals surface area contributed by atoms with Crippen LogP contribution in [0.15, 0.2) is 24.3 Å². The van der Waals surface area contributed by atoms with Crippen LogP contribution in [-0.4, -0.2) is 86.0 Å². The maximum Gasteiger partial charge on any atom is 0.184 e. The molecule has 2 unspecified atom stereocenters. The highest BCUT2D eigenvalue weighted by Gasteiger charge is 2.51.